The van der Waals surface area contributed by atoms with E-state index in [1.165, 1.54) is 147 Å². The van der Waals surface area contributed by atoms with E-state index >= 15 is 0 Å². The fraction of sp³-hybridized carbons (Fsp3) is 0.867. The molecular weight excluding hydrogens is 652 g/mol. The van der Waals surface area contributed by atoms with Crippen LogP contribution in [-0.4, -0.2) is 55.8 Å². The third-order valence-corrected chi connectivity index (χ3v) is 11.3. The Hall–Kier alpha value is -1.70. The Morgan fingerprint density at radius 3 is 1.23 bits per heavy atom. The Bertz CT molecular complexity index is 972. The molecule has 1 aliphatic rings. The van der Waals surface area contributed by atoms with E-state index in [0.717, 1.165) is 51.0 Å². The number of rotatable bonds is 37. The molecule has 1 saturated carbocycles. The fourth-order valence-corrected chi connectivity index (χ4v) is 7.67. The van der Waals surface area contributed by atoms with Crippen molar-refractivity contribution >= 4 is 23.1 Å². The molecule has 0 aromatic heterocycles. The van der Waals surface area contributed by atoms with E-state index in [9.17, 15) is 34.5 Å². The standard InChI is InChI=1S/C45H80O7/c1-3-5-7-9-11-13-15-17-19-20-22-24-26-28-30-32-34-36-40(47)45(52,44(51)41(48)37-38-42(44)49)43(50)39(46)35-33-31-29-27-25-23-21-18-16-14-12-10-8-6-4-2/h34,36,43,50-52H,3-33,35,37-38H2,1-2H3. The van der Waals surface area contributed by atoms with Crippen LogP contribution in [0.15, 0.2) is 12.2 Å². The second-order valence-electron chi connectivity index (χ2n) is 15.9. The Kier molecular flexibility index (Phi) is 28.4. The van der Waals surface area contributed by atoms with Crippen LogP contribution in [0.4, 0.5) is 0 Å². The van der Waals surface area contributed by atoms with Gasteiger partial charge in [-0.25, -0.2) is 0 Å². The van der Waals surface area contributed by atoms with Crippen LogP contribution in [0.1, 0.15) is 232 Å². The van der Waals surface area contributed by atoms with E-state index in [4.69, 9.17) is 0 Å². The Morgan fingerprint density at radius 2 is 0.885 bits per heavy atom. The number of Topliss-reactive ketones (excluding diaryl/α,β-unsaturated/α-hetero) is 3. The average molecular weight is 733 g/mol. The third-order valence-electron chi connectivity index (χ3n) is 11.3. The lowest BCUT2D eigenvalue weighted by atomic mass is 9.71. The van der Waals surface area contributed by atoms with Crippen molar-refractivity contribution in [1.82, 2.24) is 0 Å². The van der Waals surface area contributed by atoms with Crippen molar-refractivity contribution < 1.29 is 34.5 Å². The minimum Gasteiger partial charge on any atom is -0.382 e. The van der Waals surface area contributed by atoms with Gasteiger partial charge in [-0.05, 0) is 25.3 Å². The number of aliphatic hydroxyl groups is 3. The first-order valence-corrected chi connectivity index (χ1v) is 22.1. The lowest BCUT2D eigenvalue weighted by molar-refractivity contribution is -0.200. The summed E-state index contributed by atoms with van der Waals surface area (Å²) in [5.74, 6) is -4.11. The first kappa shape index (κ1) is 48.3. The van der Waals surface area contributed by atoms with E-state index in [1.807, 2.05) is 0 Å². The van der Waals surface area contributed by atoms with E-state index < -0.39 is 40.4 Å². The Morgan fingerprint density at radius 1 is 0.577 bits per heavy atom. The molecule has 0 saturated heterocycles. The fourth-order valence-electron chi connectivity index (χ4n) is 7.67. The monoisotopic (exact) mass is 733 g/mol. The molecule has 0 amide bonds. The van der Waals surface area contributed by atoms with Crippen molar-refractivity contribution in [1.29, 1.82) is 0 Å². The highest BCUT2D eigenvalue weighted by atomic mass is 16.4. The minimum absolute atomic E-state index is 0.115. The normalized spacial score (nSPS) is 16.2. The number of carbonyl (C=O) groups excluding carboxylic acids is 4. The maximum Gasteiger partial charge on any atom is 0.220 e. The van der Waals surface area contributed by atoms with Crippen LogP contribution in [-0.2, 0) is 19.2 Å². The summed E-state index contributed by atoms with van der Waals surface area (Å²) in [7, 11) is 0. The highest BCUT2D eigenvalue weighted by Crippen LogP contribution is 2.37. The van der Waals surface area contributed by atoms with Crippen LogP contribution in [0.5, 0.6) is 0 Å². The third kappa shape index (κ3) is 18.6. The molecule has 0 aliphatic heterocycles. The summed E-state index contributed by atoms with van der Waals surface area (Å²) in [6, 6.07) is 0. The van der Waals surface area contributed by atoms with E-state index in [1.54, 1.807) is 0 Å². The predicted octanol–water partition coefficient (Wildman–Crippen LogP) is 11.0. The van der Waals surface area contributed by atoms with Gasteiger partial charge in [0.15, 0.2) is 29.2 Å². The number of carbonyl (C=O) groups is 4. The van der Waals surface area contributed by atoms with Gasteiger partial charge in [-0.15, -0.1) is 0 Å². The second-order valence-corrected chi connectivity index (χ2v) is 15.9. The molecule has 0 bridgehead atoms. The van der Waals surface area contributed by atoms with Crippen LogP contribution in [0.2, 0.25) is 0 Å². The number of aliphatic hydroxyl groups excluding tert-OH is 1. The lowest BCUT2D eigenvalue weighted by Crippen LogP contribution is -2.71. The summed E-state index contributed by atoms with van der Waals surface area (Å²) >= 11 is 0. The van der Waals surface area contributed by atoms with Crippen LogP contribution >= 0.6 is 0 Å². The molecule has 1 fully saturated rings. The molecule has 2 atom stereocenters. The molecular formula is C45H80O7. The average Bonchev–Trinajstić information content (AvgIpc) is 3.41. The summed E-state index contributed by atoms with van der Waals surface area (Å²) in [5, 5.41) is 33.7. The van der Waals surface area contributed by atoms with Crippen molar-refractivity contribution in [3.05, 3.63) is 12.2 Å². The van der Waals surface area contributed by atoms with Gasteiger partial charge < -0.3 is 15.3 Å². The van der Waals surface area contributed by atoms with Crippen molar-refractivity contribution in [2.24, 2.45) is 0 Å². The summed E-state index contributed by atoms with van der Waals surface area (Å²) in [6.07, 6.45) is 36.0. The maximum absolute atomic E-state index is 13.4. The highest BCUT2D eigenvalue weighted by molar-refractivity contribution is 6.23. The Labute approximate surface area is 318 Å². The number of unbranched alkanes of at least 4 members (excludes halogenated alkanes) is 29. The zero-order valence-corrected chi connectivity index (χ0v) is 33.7. The molecule has 7 nitrogen and oxygen atoms in total. The van der Waals surface area contributed by atoms with Gasteiger partial charge in [0.2, 0.25) is 11.2 Å². The van der Waals surface area contributed by atoms with Gasteiger partial charge in [0.25, 0.3) is 0 Å². The van der Waals surface area contributed by atoms with Crippen LogP contribution in [0, 0.1) is 0 Å². The molecule has 0 aromatic carbocycles. The molecule has 1 aliphatic carbocycles. The molecule has 3 N–H and O–H groups in total. The van der Waals surface area contributed by atoms with E-state index in [-0.39, 0.29) is 19.3 Å². The second kappa shape index (κ2) is 30.6. The van der Waals surface area contributed by atoms with E-state index in [0.29, 0.717) is 12.8 Å². The first-order valence-electron chi connectivity index (χ1n) is 22.1. The smallest absolute Gasteiger partial charge is 0.220 e. The summed E-state index contributed by atoms with van der Waals surface area (Å²) in [5.41, 5.74) is -6.37. The van der Waals surface area contributed by atoms with Gasteiger partial charge in [0.05, 0.1) is 0 Å². The molecule has 302 valence electrons. The minimum atomic E-state index is -3.24. The molecule has 0 radical (unpaired) electrons. The molecule has 2 unspecified atom stereocenters. The number of hydrogen-bond acceptors (Lipinski definition) is 7. The van der Waals surface area contributed by atoms with Crippen LogP contribution in [0.25, 0.3) is 0 Å². The zero-order chi connectivity index (χ0) is 38.3. The quantitative estimate of drug-likeness (QED) is 0.0329. The van der Waals surface area contributed by atoms with Crippen molar-refractivity contribution in [3.8, 4) is 0 Å². The van der Waals surface area contributed by atoms with Crippen molar-refractivity contribution in [2.45, 2.75) is 249 Å². The van der Waals surface area contributed by atoms with Crippen LogP contribution < -0.4 is 0 Å². The zero-order valence-electron chi connectivity index (χ0n) is 33.7. The Balaban J connectivity index is 2.38. The summed E-state index contributed by atoms with van der Waals surface area (Å²) in [6.45, 7) is 4.49. The SMILES string of the molecule is CCCCCCCCCCCCCCCCCC=CC(=O)C(O)(C(O)C(=O)CCCCCCCCCCCCCCCCC)C1(O)C(=O)CCC1=O. The lowest BCUT2D eigenvalue weighted by Gasteiger charge is -2.39. The van der Waals surface area contributed by atoms with Gasteiger partial charge in [0, 0.05) is 19.3 Å². The molecule has 0 heterocycles. The van der Waals surface area contributed by atoms with Gasteiger partial charge in [-0.2, -0.15) is 0 Å². The van der Waals surface area contributed by atoms with Gasteiger partial charge in [-0.1, -0.05) is 200 Å². The molecule has 0 spiro atoms. The maximum atomic E-state index is 13.4. The summed E-state index contributed by atoms with van der Waals surface area (Å²) in [4.78, 5) is 51.8. The molecule has 0 aromatic rings. The van der Waals surface area contributed by atoms with Crippen LogP contribution in [0.3, 0.4) is 0 Å². The number of hydrogen-bond donors (Lipinski definition) is 3. The molecule has 7 heteroatoms. The topological polar surface area (TPSA) is 129 Å². The van der Waals surface area contributed by atoms with Crippen molar-refractivity contribution in [3.63, 3.8) is 0 Å². The summed E-state index contributed by atoms with van der Waals surface area (Å²) < 4.78 is 0. The van der Waals surface area contributed by atoms with Gasteiger partial charge >= 0.3 is 0 Å². The first-order chi connectivity index (χ1) is 25.2. The number of ketones is 4. The van der Waals surface area contributed by atoms with E-state index in [2.05, 4.69) is 13.8 Å². The van der Waals surface area contributed by atoms with Gasteiger partial charge in [0.1, 0.15) is 0 Å². The largest absolute Gasteiger partial charge is 0.382 e. The van der Waals surface area contributed by atoms with Crippen molar-refractivity contribution in [2.75, 3.05) is 0 Å². The predicted molar refractivity (Wildman–Crippen MR) is 213 cm³/mol. The molecule has 1 rings (SSSR count). The molecule has 52 heavy (non-hydrogen) atoms. The highest BCUT2D eigenvalue weighted by Gasteiger charge is 2.69. The van der Waals surface area contributed by atoms with Gasteiger partial charge in [-0.3, -0.25) is 19.2 Å². The number of allylic oxidation sites excluding steroid dienone is 1.